The minimum absolute atomic E-state index is 0.0396. The number of nitrogens with zero attached hydrogens (tertiary/aromatic N) is 3. The minimum Gasteiger partial charge on any atom is -0.480 e. The number of hydrogen-bond acceptors (Lipinski definition) is 5. The summed E-state index contributed by atoms with van der Waals surface area (Å²) in [5.74, 6) is -1.72. The first kappa shape index (κ1) is 12.6. The average molecular weight is 247 g/mol. The van der Waals surface area contributed by atoms with E-state index in [1.165, 1.54) is 17.8 Å². The van der Waals surface area contributed by atoms with Crippen LogP contribution in [-0.2, 0) is 27.4 Å². The van der Waals surface area contributed by atoms with Gasteiger partial charge in [-0.05, 0) is 6.42 Å². The van der Waals surface area contributed by atoms with Crippen LogP contribution in [0.15, 0.2) is 6.20 Å². The van der Waals surface area contributed by atoms with Gasteiger partial charge in [-0.2, -0.15) is 0 Å². The van der Waals surface area contributed by atoms with Crippen LogP contribution in [0.2, 0.25) is 0 Å². The Labute approximate surface area is 93.0 Å². The topological polar surface area (TPSA) is 102 Å². The molecule has 0 fully saturated rings. The highest BCUT2D eigenvalue weighted by Crippen LogP contribution is 2.12. The SMILES string of the molecule is CCC(C(=O)O)S(=O)(=O)Cc1cn(C)nn1. The second kappa shape index (κ2) is 4.60. The molecule has 0 aliphatic heterocycles. The van der Waals surface area contributed by atoms with E-state index >= 15 is 0 Å². The molecule has 0 amide bonds. The Balaban J connectivity index is 2.90. The summed E-state index contributed by atoms with van der Waals surface area (Å²) >= 11 is 0. The van der Waals surface area contributed by atoms with Crippen molar-refractivity contribution in [2.45, 2.75) is 24.3 Å². The van der Waals surface area contributed by atoms with E-state index in [-0.39, 0.29) is 12.1 Å². The van der Waals surface area contributed by atoms with Gasteiger partial charge in [0, 0.05) is 13.2 Å². The van der Waals surface area contributed by atoms with E-state index in [1.807, 2.05) is 0 Å². The fourth-order valence-electron chi connectivity index (χ4n) is 1.35. The van der Waals surface area contributed by atoms with Gasteiger partial charge >= 0.3 is 5.97 Å². The lowest BCUT2D eigenvalue weighted by atomic mass is 10.3. The fourth-order valence-corrected chi connectivity index (χ4v) is 2.91. The number of rotatable bonds is 5. The van der Waals surface area contributed by atoms with E-state index in [2.05, 4.69) is 10.3 Å². The summed E-state index contributed by atoms with van der Waals surface area (Å²) in [7, 11) is -2.12. The van der Waals surface area contributed by atoms with Crippen LogP contribution in [0.5, 0.6) is 0 Å². The van der Waals surface area contributed by atoms with Gasteiger partial charge in [0.2, 0.25) is 0 Å². The lowest BCUT2D eigenvalue weighted by Crippen LogP contribution is -2.30. The van der Waals surface area contributed by atoms with Crippen molar-refractivity contribution in [3.63, 3.8) is 0 Å². The summed E-state index contributed by atoms with van der Waals surface area (Å²) in [4.78, 5) is 10.8. The van der Waals surface area contributed by atoms with Crippen molar-refractivity contribution in [3.8, 4) is 0 Å². The molecule has 90 valence electrons. The molecule has 0 spiro atoms. The Morgan fingerprint density at radius 1 is 1.62 bits per heavy atom. The van der Waals surface area contributed by atoms with E-state index in [0.29, 0.717) is 0 Å². The first-order valence-electron chi connectivity index (χ1n) is 4.66. The standard InChI is InChI=1S/C8H13N3O4S/c1-3-7(8(12)13)16(14,15)5-6-4-11(2)10-9-6/h4,7H,3,5H2,1-2H3,(H,12,13). The third-order valence-electron chi connectivity index (χ3n) is 2.08. The molecular weight excluding hydrogens is 234 g/mol. The van der Waals surface area contributed by atoms with Crippen molar-refractivity contribution in [1.29, 1.82) is 0 Å². The number of carboxylic acid groups (broad SMARTS) is 1. The third kappa shape index (κ3) is 2.78. The van der Waals surface area contributed by atoms with Gasteiger partial charge in [0.1, 0.15) is 0 Å². The largest absolute Gasteiger partial charge is 0.480 e. The summed E-state index contributed by atoms with van der Waals surface area (Å²) in [6.45, 7) is 1.52. The monoisotopic (exact) mass is 247 g/mol. The Kier molecular flexibility index (Phi) is 3.63. The van der Waals surface area contributed by atoms with Gasteiger partial charge in [0.05, 0.1) is 11.4 Å². The Morgan fingerprint density at radius 3 is 2.62 bits per heavy atom. The van der Waals surface area contributed by atoms with Gasteiger partial charge in [-0.1, -0.05) is 12.1 Å². The van der Waals surface area contributed by atoms with E-state index in [0.717, 1.165) is 0 Å². The normalized spacial score (nSPS) is 13.6. The van der Waals surface area contributed by atoms with Crippen LogP contribution in [-0.4, -0.2) is 39.7 Å². The summed E-state index contributed by atoms with van der Waals surface area (Å²) in [6, 6.07) is 0. The highest BCUT2D eigenvalue weighted by molar-refractivity contribution is 7.92. The third-order valence-corrected chi connectivity index (χ3v) is 4.18. The second-order valence-corrected chi connectivity index (χ2v) is 5.61. The zero-order chi connectivity index (χ0) is 12.3. The van der Waals surface area contributed by atoms with Crippen LogP contribution < -0.4 is 0 Å². The van der Waals surface area contributed by atoms with Crippen LogP contribution in [0.1, 0.15) is 19.0 Å². The van der Waals surface area contributed by atoms with Crippen LogP contribution in [0.3, 0.4) is 0 Å². The number of hydrogen-bond donors (Lipinski definition) is 1. The Hall–Kier alpha value is -1.44. The van der Waals surface area contributed by atoms with Crippen molar-refractivity contribution >= 4 is 15.8 Å². The predicted octanol–water partition coefficient (Wildman–Crippen LogP) is -0.407. The maximum absolute atomic E-state index is 11.7. The lowest BCUT2D eigenvalue weighted by Gasteiger charge is -2.09. The average Bonchev–Trinajstić information content (AvgIpc) is 2.49. The molecule has 0 saturated heterocycles. The van der Waals surface area contributed by atoms with Crippen LogP contribution in [0.25, 0.3) is 0 Å². The zero-order valence-electron chi connectivity index (χ0n) is 8.99. The lowest BCUT2D eigenvalue weighted by molar-refractivity contribution is -0.136. The van der Waals surface area contributed by atoms with Crippen LogP contribution in [0, 0.1) is 0 Å². The first-order valence-corrected chi connectivity index (χ1v) is 6.38. The minimum atomic E-state index is -3.73. The number of aryl methyl sites for hydroxylation is 1. The Morgan fingerprint density at radius 2 is 2.25 bits per heavy atom. The van der Waals surface area contributed by atoms with Crippen molar-refractivity contribution in [2.24, 2.45) is 7.05 Å². The molecule has 16 heavy (non-hydrogen) atoms. The van der Waals surface area contributed by atoms with Gasteiger partial charge in [0.25, 0.3) is 0 Å². The molecule has 0 aromatic carbocycles. The van der Waals surface area contributed by atoms with E-state index in [1.54, 1.807) is 7.05 Å². The van der Waals surface area contributed by atoms with Gasteiger partial charge in [-0.15, -0.1) is 5.10 Å². The maximum atomic E-state index is 11.7. The Bertz CT molecular complexity index is 479. The smallest absolute Gasteiger partial charge is 0.321 e. The second-order valence-electron chi connectivity index (χ2n) is 3.43. The van der Waals surface area contributed by atoms with E-state index in [9.17, 15) is 13.2 Å². The van der Waals surface area contributed by atoms with Crippen LogP contribution in [0.4, 0.5) is 0 Å². The summed E-state index contributed by atoms with van der Waals surface area (Å²) in [5.41, 5.74) is 0.252. The number of sulfone groups is 1. The van der Waals surface area contributed by atoms with E-state index in [4.69, 9.17) is 5.11 Å². The molecule has 7 nitrogen and oxygen atoms in total. The van der Waals surface area contributed by atoms with Gasteiger partial charge in [-0.25, -0.2) is 8.42 Å². The molecule has 0 radical (unpaired) electrons. The summed E-state index contributed by atoms with van der Waals surface area (Å²) in [5, 5.41) is 14.6. The maximum Gasteiger partial charge on any atom is 0.321 e. The predicted molar refractivity (Wildman–Crippen MR) is 55.3 cm³/mol. The van der Waals surface area contributed by atoms with Crippen molar-refractivity contribution in [1.82, 2.24) is 15.0 Å². The molecule has 0 aliphatic carbocycles. The first-order chi connectivity index (χ1) is 7.36. The molecule has 8 heteroatoms. The molecular formula is C8H13N3O4S. The van der Waals surface area contributed by atoms with Crippen molar-refractivity contribution < 1.29 is 18.3 Å². The van der Waals surface area contributed by atoms with Crippen molar-refractivity contribution in [2.75, 3.05) is 0 Å². The molecule has 1 unspecified atom stereocenters. The molecule has 1 aromatic rings. The molecule has 1 aromatic heterocycles. The molecule has 0 saturated carbocycles. The molecule has 1 heterocycles. The van der Waals surface area contributed by atoms with Crippen LogP contribution >= 0.6 is 0 Å². The fraction of sp³-hybridized carbons (Fsp3) is 0.625. The molecule has 1 rings (SSSR count). The van der Waals surface area contributed by atoms with E-state index < -0.39 is 26.8 Å². The highest BCUT2D eigenvalue weighted by Gasteiger charge is 2.31. The summed E-state index contributed by atoms with van der Waals surface area (Å²) < 4.78 is 24.8. The highest BCUT2D eigenvalue weighted by atomic mass is 32.2. The quantitative estimate of drug-likeness (QED) is 0.759. The molecule has 1 atom stereocenters. The van der Waals surface area contributed by atoms with Gasteiger partial charge in [0.15, 0.2) is 15.1 Å². The number of carbonyl (C=O) groups is 1. The number of carboxylic acids is 1. The molecule has 0 aliphatic rings. The number of aromatic nitrogens is 3. The molecule has 1 N–H and O–H groups in total. The zero-order valence-corrected chi connectivity index (χ0v) is 9.81. The van der Waals surface area contributed by atoms with Gasteiger partial charge in [-0.3, -0.25) is 9.48 Å². The van der Waals surface area contributed by atoms with Crippen molar-refractivity contribution in [3.05, 3.63) is 11.9 Å². The number of aliphatic carboxylic acids is 1. The van der Waals surface area contributed by atoms with Gasteiger partial charge < -0.3 is 5.11 Å². The molecule has 0 bridgehead atoms. The summed E-state index contributed by atoms with van der Waals surface area (Å²) in [6.07, 6.45) is 1.49.